The van der Waals surface area contributed by atoms with Gasteiger partial charge in [0.1, 0.15) is 6.04 Å². The molecule has 3 fully saturated rings. The van der Waals surface area contributed by atoms with E-state index in [1.165, 1.54) is 19.3 Å². The predicted octanol–water partition coefficient (Wildman–Crippen LogP) is 1.07. The molecule has 5 heteroatoms. The van der Waals surface area contributed by atoms with Gasteiger partial charge < -0.3 is 15.0 Å². The van der Waals surface area contributed by atoms with Gasteiger partial charge in [0.2, 0.25) is 11.8 Å². The second-order valence-corrected chi connectivity index (χ2v) is 6.27. The first kappa shape index (κ1) is 13.9. The SMILES string of the molecule is O=C1CN(CCOC2CCCCC2)C(=O)C(C2CC2)N1. The van der Waals surface area contributed by atoms with Crippen molar-refractivity contribution in [2.75, 3.05) is 19.7 Å². The number of amides is 2. The van der Waals surface area contributed by atoms with Crippen molar-refractivity contribution in [2.45, 2.75) is 57.1 Å². The van der Waals surface area contributed by atoms with Gasteiger partial charge in [0.25, 0.3) is 0 Å². The summed E-state index contributed by atoms with van der Waals surface area (Å²) < 4.78 is 5.86. The van der Waals surface area contributed by atoms with Crippen molar-refractivity contribution < 1.29 is 14.3 Å². The molecule has 0 spiro atoms. The van der Waals surface area contributed by atoms with Crippen LogP contribution in [-0.4, -0.2) is 48.6 Å². The fourth-order valence-corrected chi connectivity index (χ4v) is 3.23. The lowest BCUT2D eigenvalue weighted by molar-refractivity contribution is -0.146. The van der Waals surface area contributed by atoms with Crippen LogP contribution in [0.15, 0.2) is 0 Å². The maximum absolute atomic E-state index is 12.3. The zero-order chi connectivity index (χ0) is 13.9. The smallest absolute Gasteiger partial charge is 0.245 e. The molecule has 0 bridgehead atoms. The summed E-state index contributed by atoms with van der Waals surface area (Å²) in [7, 11) is 0. The Morgan fingerprint density at radius 3 is 2.55 bits per heavy atom. The van der Waals surface area contributed by atoms with E-state index in [9.17, 15) is 9.59 Å². The Bertz CT molecular complexity index is 375. The number of ether oxygens (including phenoxy) is 1. The molecule has 2 aliphatic carbocycles. The first-order valence-electron chi connectivity index (χ1n) is 7.94. The predicted molar refractivity (Wildman–Crippen MR) is 74.1 cm³/mol. The number of nitrogens with one attached hydrogen (secondary N) is 1. The summed E-state index contributed by atoms with van der Waals surface area (Å²) in [6, 6.07) is -0.272. The molecule has 2 saturated carbocycles. The molecule has 0 radical (unpaired) electrons. The molecule has 5 nitrogen and oxygen atoms in total. The Balaban J connectivity index is 1.45. The number of hydrogen-bond donors (Lipinski definition) is 1. The van der Waals surface area contributed by atoms with E-state index in [-0.39, 0.29) is 24.4 Å². The first-order valence-corrected chi connectivity index (χ1v) is 7.94. The number of piperazine rings is 1. The zero-order valence-electron chi connectivity index (χ0n) is 12.0. The lowest BCUT2D eigenvalue weighted by atomic mass is 9.98. The number of rotatable bonds is 5. The van der Waals surface area contributed by atoms with Crippen molar-refractivity contribution in [3.63, 3.8) is 0 Å². The third-order valence-electron chi connectivity index (χ3n) is 4.59. The van der Waals surface area contributed by atoms with E-state index in [1.807, 2.05) is 0 Å². The molecule has 0 aromatic heterocycles. The van der Waals surface area contributed by atoms with E-state index in [1.54, 1.807) is 4.90 Å². The standard InChI is InChI=1S/C15H24N2O3/c18-13-10-17(15(19)14(16-13)11-6-7-11)8-9-20-12-4-2-1-3-5-12/h11-12,14H,1-10H2,(H,16,18). The molecule has 112 valence electrons. The summed E-state index contributed by atoms with van der Waals surface area (Å²) in [5, 5.41) is 2.83. The monoisotopic (exact) mass is 280 g/mol. The highest BCUT2D eigenvalue weighted by Gasteiger charge is 2.42. The maximum atomic E-state index is 12.3. The lowest BCUT2D eigenvalue weighted by Crippen LogP contribution is -2.59. The third-order valence-corrected chi connectivity index (χ3v) is 4.59. The Kier molecular flexibility index (Phi) is 4.24. The molecule has 1 atom stereocenters. The van der Waals surface area contributed by atoms with E-state index in [2.05, 4.69) is 5.32 Å². The van der Waals surface area contributed by atoms with E-state index in [4.69, 9.17) is 4.74 Å². The van der Waals surface area contributed by atoms with Crippen LogP contribution >= 0.6 is 0 Å². The minimum absolute atomic E-state index is 0.0285. The molecule has 1 N–H and O–H groups in total. The van der Waals surface area contributed by atoms with E-state index in [0.717, 1.165) is 25.7 Å². The van der Waals surface area contributed by atoms with Crippen LogP contribution in [0.3, 0.4) is 0 Å². The van der Waals surface area contributed by atoms with Crippen LogP contribution in [0.25, 0.3) is 0 Å². The van der Waals surface area contributed by atoms with Gasteiger partial charge in [0.15, 0.2) is 0 Å². The Morgan fingerprint density at radius 1 is 1.10 bits per heavy atom. The minimum atomic E-state index is -0.272. The molecule has 1 unspecified atom stereocenters. The fraction of sp³-hybridized carbons (Fsp3) is 0.867. The molecule has 0 aromatic carbocycles. The van der Waals surface area contributed by atoms with Crippen molar-refractivity contribution in [3.05, 3.63) is 0 Å². The fourth-order valence-electron chi connectivity index (χ4n) is 3.23. The van der Waals surface area contributed by atoms with E-state index in [0.29, 0.717) is 25.2 Å². The molecule has 1 heterocycles. The highest BCUT2D eigenvalue weighted by Crippen LogP contribution is 2.34. The van der Waals surface area contributed by atoms with Gasteiger partial charge in [0, 0.05) is 6.54 Å². The van der Waals surface area contributed by atoms with Crippen molar-refractivity contribution in [1.29, 1.82) is 0 Å². The average Bonchev–Trinajstić information content (AvgIpc) is 3.28. The molecule has 20 heavy (non-hydrogen) atoms. The minimum Gasteiger partial charge on any atom is -0.376 e. The largest absolute Gasteiger partial charge is 0.376 e. The lowest BCUT2D eigenvalue weighted by Gasteiger charge is -2.33. The highest BCUT2D eigenvalue weighted by atomic mass is 16.5. The number of hydrogen-bond acceptors (Lipinski definition) is 3. The van der Waals surface area contributed by atoms with Gasteiger partial charge in [-0.15, -0.1) is 0 Å². The van der Waals surface area contributed by atoms with Crippen molar-refractivity contribution in [3.8, 4) is 0 Å². The average molecular weight is 280 g/mol. The van der Waals surface area contributed by atoms with Crippen molar-refractivity contribution in [2.24, 2.45) is 5.92 Å². The van der Waals surface area contributed by atoms with Crippen LogP contribution < -0.4 is 5.32 Å². The van der Waals surface area contributed by atoms with E-state index >= 15 is 0 Å². The second kappa shape index (κ2) is 6.12. The summed E-state index contributed by atoms with van der Waals surface area (Å²) in [6.07, 6.45) is 8.56. The van der Waals surface area contributed by atoms with Crippen LogP contribution in [-0.2, 0) is 14.3 Å². The van der Waals surface area contributed by atoms with Crippen LogP contribution in [0.4, 0.5) is 0 Å². The van der Waals surface area contributed by atoms with Crippen LogP contribution in [0.5, 0.6) is 0 Å². The summed E-state index contributed by atoms with van der Waals surface area (Å²) >= 11 is 0. The van der Waals surface area contributed by atoms with Crippen molar-refractivity contribution >= 4 is 11.8 Å². The van der Waals surface area contributed by atoms with Gasteiger partial charge in [-0.2, -0.15) is 0 Å². The molecule has 2 amide bonds. The first-order chi connectivity index (χ1) is 9.74. The van der Waals surface area contributed by atoms with Crippen molar-refractivity contribution in [1.82, 2.24) is 10.2 Å². The molecule has 3 rings (SSSR count). The second-order valence-electron chi connectivity index (χ2n) is 6.27. The topological polar surface area (TPSA) is 58.6 Å². The zero-order valence-corrected chi connectivity index (χ0v) is 12.0. The summed E-state index contributed by atoms with van der Waals surface area (Å²) in [4.78, 5) is 25.6. The highest BCUT2D eigenvalue weighted by molar-refractivity contribution is 5.95. The molecular formula is C15H24N2O3. The third kappa shape index (κ3) is 3.32. The number of nitrogens with zero attached hydrogens (tertiary/aromatic N) is 1. The summed E-state index contributed by atoms with van der Waals surface area (Å²) in [5.41, 5.74) is 0. The quantitative estimate of drug-likeness (QED) is 0.819. The Morgan fingerprint density at radius 2 is 1.85 bits per heavy atom. The Labute approximate surface area is 120 Å². The normalized spacial score (nSPS) is 28.6. The van der Waals surface area contributed by atoms with Crippen LogP contribution in [0, 0.1) is 5.92 Å². The van der Waals surface area contributed by atoms with Crippen LogP contribution in [0.2, 0.25) is 0 Å². The molecule has 1 saturated heterocycles. The van der Waals surface area contributed by atoms with Gasteiger partial charge in [-0.05, 0) is 31.6 Å². The number of carbonyl (C=O) groups is 2. The summed E-state index contributed by atoms with van der Waals surface area (Å²) in [5.74, 6) is 0.423. The molecule has 1 aliphatic heterocycles. The number of carbonyl (C=O) groups excluding carboxylic acids is 2. The molecule has 3 aliphatic rings. The van der Waals surface area contributed by atoms with E-state index < -0.39 is 0 Å². The van der Waals surface area contributed by atoms with Gasteiger partial charge in [-0.3, -0.25) is 9.59 Å². The Hall–Kier alpha value is -1.10. The summed E-state index contributed by atoms with van der Waals surface area (Å²) in [6.45, 7) is 1.29. The maximum Gasteiger partial charge on any atom is 0.245 e. The molecular weight excluding hydrogens is 256 g/mol. The van der Waals surface area contributed by atoms with Crippen LogP contribution in [0.1, 0.15) is 44.9 Å². The van der Waals surface area contributed by atoms with Gasteiger partial charge in [0.05, 0.1) is 19.3 Å². The van der Waals surface area contributed by atoms with Gasteiger partial charge >= 0.3 is 0 Å². The van der Waals surface area contributed by atoms with Gasteiger partial charge in [-0.1, -0.05) is 19.3 Å². The molecule has 0 aromatic rings. The van der Waals surface area contributed by atoms with Gasteiger partial charge in [-0.25, -0.2) is 0 Å².